The number of phenols is 1. The van der Waals surface area contributed by atoms with E-state index in [1.54, 1.807) is 12.3 Å². The van der Waals surface area contributed by atoms with E-state index in [1.165, 1.54) is 6.07 Å². The summed E-state index contributed by atoms with van der Waals surface area (Å²) in [6, 6.07) is 9.73. The standard InChI is InChI=1S/C15H14FN3O/c1-9(13-4-2-11(16)7-15(13)20)18-12-3-5-14-10(6-12)8-17-19-14/h2-9,18,20H,1H3,(H,17,19). The Morgan fingerprint density at radius 2 is 2.10 bits per heavy atom. The Balaban J connectivity index is 1.85. The highest BCUT2D eigenvalue weighted by atomic mass is 19.1. The second kappa shape index (κ2) is 4.85. The number of H-pyrrole nitrogens is 1. The molecule has 4 nitrogen and oxygen atoms in total. The molecule has 3 rings (SSSR count). The number of halogens is 1. The molecule has 1 heterocycles. The molecule has 20 heavy (non-hydrogen) atoms. The van der Waals surface area contributed by atoms with Crippen LogP contribution in [0.2, 0.25) is 0 Å². The van der Waals surface area contributed by atoms with Crippen molar-refractivity contribution in [2.45, 2.75) is 13.0 Å². The Morgan fingerprint density at radius 1 is 1.25 bits per heavy atom. The van der Waals surface area contributed by atoms with Crippen molar-refractivity contribution in [1.29, 1.82) is 0 Å². The number of phenolic OH excluding ortho intramolecular Hbond substituents is 1. The van der Waals surface area contributed by atoms with Crippen molar-refractivity contribution in [3.63, 3.8) is 0 Å². The zero-order valence-corrected chi connectivity index (χ0v) is 10.9. The van der Waals surface area contributed by atoms with Crippen LogP contribution in [0, 0.1) is 5.82 Å². The van der Waals surface area contributed by atoms with Gasteiger partial charge in [0, 0.05) is 22.7 Å². The van der Waals surface area contributed by atoms with Gasteiger partial charge in [-0.25, -0.2) is 4.39 Å². The Labute approximate surface area is 115 Å². The summed E-state index contributed by atoms with van der Waals surface area (Å²) in [5.74, 6) is -0.493. The van der Waals surface area contributed by atoms with Crippen LogP contribution in [0.3, 0.4) is 0 Å². The summed E-state index contributed by atoms with van der Waals surface area (Å²) in [4.78, 5) is 0. The molecule has 5 heteroatoms. The van der Waals surface area contributed by atoms with Gasteiger partial charge in [-0.1, -0.05) is 6.07 Å². The van der Waals surface area contributed by atoms with Gasteiger partial charge in [-0.05, 0) is 31.2 Å². The predicted molar refractivity (Wildman–Crippen MR) is 76.2 cm³/mol. The summed E-state index contributed by atoms with van der Waals surface area (Å²) in [5, 5.41) is 20.9. The van der Waals surface area contributed by atoms with Crippen LogP contribution in [0.5, 0.6) is 5.75 Å². The molecular formula is C15H14FN3O. The van der Waals surface area contributed by atoms with Crippen LogP contribution in [-0.4, -0.2) is 15.3 Å². The molecule has 0 radical (unpaired) electrons. The Hall–Kier alpha value is -2.56. The van der Waals surface area contributed by atoms with Crippen LogP contribution in [0.4, 0.5) is 10.1 Å². The Bertz CT molecular complexity index is 754. The van der Waals surface area contributed by atoms with Gasteiger partial charge in [0.15, 0.2) is 0 Å². The quantitative estimate of drug-likeness (QED) is 0.682. The first-order valence-corrected chi connectivity index (χ1v) is 6.31. The van der Waals surface area contributed by atoms with Gasteiger partial charge < -0.3 is 10.4 Å². The summed E-state index contributed by atoms with van der Waals surface area (Å²) >= 11 is 0. The van der Waals surface area contributed by atoms with Gasteiger partial charge in [-0.15, -0.1) is 0 Å². The van der Waals surface area contributed by atoms with Crippen LogP contribution in [0.1, 0.15) is 18.5 Å². The molecule has 2 aromatic carbocycles. The van der Waals surface area contributed by atoms with Gasteiger partial charge in [-0.2, -0.15) is 5.10 Å². The maximum absolute atomic E-state index is 13.0. The second-order valence-corrected chi connectivity index (χ2v) is 4.74. The molecule has 102 valence electrons. The number of nitrogens with one attached hydrogen (secondary N) is 2. The molecule has 0 fully saturated rings. The maximum Gasteiger partial charge on any atom is 0.126 e. The Morgan fingerprint density at radius 3 is 2.90 bits per heavy atom. The predicted octanol–water partition coefficient (Wildman–Crippen LogP) is 3.58. The number of aromatic hydroxyl groups is 1. The lowest BCUT2D eigenvalue weighted by atomic mass is 10.1. The first-order valence-electron chi connectivity index (χ1n) is 6.31. The third kappa shape index (κ3) is 2.30. The number of nitrogens with zero attached hydrogens (tertiary/aromatic N) is 1. The zero-order valence-electron chi connectivity index (χ0n) is 10.9. The van der Waals surface area contributed by atoms with Crippen LogP contribution in [0.15, 0.2) is 42.6 Å². The minimum atomic E-state index is -0.446. The molecule has 3 N–H and O–H groups in total. The first kappa shape index (κ1) is 12.5. The van der Waals surface area contributed by atoms with E-state index in [-0.39, 0.29) is 11.8 Å². The van der Waals surface area contributed by atoms with E-state index in [0.717, 1.165) is 22.7 Å². The van der Waals surface area contributed by atoms with Gasteiger partial charge in [0.05, 0.1) is 17.8 Å². The largest absolute Gasteiger partial charge is 0.507 e. The lowest BCUT2D eigenvalue weighted by Gasteiger charge is -2.17. The lowest BCUT2D eigenvalue weighted by Crippen LogP contribution is -2.06. The third-order valence-corrected chi connectivity index (χ3v) is 3.28. The fourth-order valence-corrected chi connectivity index (χ4v) is 2.24. The van der Waals surface area contributed by atoms with Crippen LogP contribution >= 0.6 is 0 Å². The molecular weight excluding hydrogens is 257 g/mol. The molecule has 0 bridgehead atoms. The molecule has 1 aromatic heterocycles. The highest BCUT2D eigenvalue weighted by molar-refractivity contribution is 5.81. The van der Waals surface area contributed by atoms with Crippen LogP contribution in [0.25, 0.3) is 10.9 Å². The van der Waals surface area contributed by atoms with E-state index in [1.807, 2.05) is 25.1 Å². The van der Waals surface area contributed by atoms with Crippen molar-refractivity contribution in [1.82, 2.24) is 10.2 Å². The fraction of sp³-hybridized carbons (Fsp3) is 0.133. The minimum absolute atomic E-state index is 0.0469. The summed E-state index contributed by atoms with van der Waals surface area (Å²) in [6.45, 7) is 1.91. The van der Waals surface area contributed by atoms with E-state index in [9.17, 15) is 9.50 Å². The highest BCUT2D eigenvalue weighted by Gasteiger charge is 2.11. The average molecular weight is 271 g/mol. The van der Waals surface area contributed by atoms with Gasteiger partial charge in [0.2, 0.25) is 0 Å². The summed E-state index contributed by atoms with van der Waals surface area (Å²) in [7, 11) is 0. The number of aromatic nitrogens is 2. The molecule has 0 saturated carbocycles. The van der Waals surface area contributed by atoms with E-state index in [2.05, 4.69) is 15.5 Å². The number of rotatable bonds is 3. The van der Waals surface area contributed by atoms with E-state index >= 15 is 0 Å². The number of aromatic amines is 1. The van der Waals surface area contributed by atoms with Crippen molar-refractivity contribution in [2.24, 2.45) is 0 Å². The van der Waals surface area contributed by atoms with Gasteiger partial charge >= 0.3 is 0 Å². The number of benzene rings is 2. The van der Waals surface area contributed by atoms with Gasteiger partial charge in [-0.3, -0.25) is 5.10 Å². The zero-order chi connectivity index (χ0) is 14.1. The number of hydrogen-bond donors (Lipinski definition) is 3. The van der Waals surface area contributed by atoms with Crippen LogP contribution in [-0.2, 0) is 0 Å². The first-order chi connectivity index (χ1) is 9.63. The average Bonchev–Trinajstić information content (AvgIpc) is 2.85. The lowest BCUT2D eigenvalue weighted by molar-refractivity contribution is 0.459. The topological polar surface area (TPSA) is 60.9 Å². The number of hydrogen-bond acceptors (Lipinski definition) is 3. The monoisotopic (exact) mass is 271 g/mol. The van der Waals surface area contributed by atoms with E-state index < -0.39 is 5.82 Å². The normalized spacial score (nSPS) is 12.5. The summed E-state index contributed by atoms with van der Waals surface area (Å²) in [5.41, 5.74) is 2.53. The molecule has 0 aliphatic heterocycles. The minimum Gasteiger partial charge on any atom is -0.507 e. The summed E-state index contributed by atoms with van der Waals surface area (Å²) in [6.07, 6.45) is 1.75. The van der Waals surface area contributed by atoms with Gasteiger partial charge in [0.25, 0.3) is 0 Å². The van der Waals surface area contributed by atoms with Crippen LogP contribution < -0.4 is 5.32 Å². The highest BCUT2D eigenvalue weighted by Crippen LogP contribution is 2.28. The SMILES string of the molecule is CC(Nc1ccc2[nH]ncc2c1)c1ccc(F)cc1O. The fourth-order valence-electron chi connectivity index (χ4n) is 2.24. The maximum atomic E-state index is 13.0. The molecule has 0 aliphatic carbocycles. The molecule has 0 saturated heterocycles. The van der Waals surface area contributed by atoms with Crippen molar-refractivity contribution >= 4 is 16.6 Å². The Kier molecular flexibility index (Phi) is 3.02. The smallest absolute Gasteiger partial charge is 0.126 e. The van der Waals surface area contributed by atoms with Crippen molar-refractivity contribution in [3.8, 4) is 5.75 Å². The van der Waals surface area contributed by atoms with E-state index in [0.29, 0.717) is 5.56 Å². The molecule has 1 unspecified atom stereocenters. The number of anilines is 1. The summed E-state index contributed by atoms with van der Waals surface area (Å²) < 4.78 is 13.0. The molecule has 3 aromatic rings. The van der Waals surface area contributed by atoms with Crippen molar-refractivity contribution < 1.29 is 9.50 Å². The second-order valence-electron chi connectivity index (χ2n) is 4.74. The molecule has 1 atom stereocenters. The molecule has 0 spiro atoms. The van der Waals surface area contributed by atoms with Gasteiger partial charge in [0.1, 0.15) is 11.6 Å². The van der Waals surface area contributed by atoms with E-state index in [4.69, 9.17) is 0 Å². The van der Waals surface area contributed by atoms with Crippen molar-refractivity contribution in [3.05, 3.63) is 54.0 Å². The number of fused-ring (bicyclic) bond motifs is 1. The molecule has 0 amide bonds. The molecule has 0 aliphatic rings. The van der Waals surface area contributed by atoms with Crippen molar-refractivity contribution in [2.75, 3.05) is 5.32 Å². The third-order valence-electron chi connectivity index (χ3n) is 3.28.